The number of carbonyl (C=O) groups is 1. The number of furan rings is 1. The molecule has 2 heterocycles. The van der Waals surface area contributed by atoms with Gasteiger partial charge in [0.1, 0.15) is 5.58 Å². The first kappa shape index (κ1) is 13.3. The number of carboxylic acid groups (broad SMARTS) is 1. The zero-order valence-electron chi connectivity index (χ0n) is 11.3. The van der Waals surface area contributed by atoms with Gasteiger partial charge in [-0.25, -0.2) is 4.79 Å². The highest BCUT2D eigenvalue weighted by Crippen LogP contribution is 2.20. The lowest BCUT2D eigenvalue weighted by atomic mass is 10.1. The third kappa shape index (κ3) is 2.92. The molecule has 7 heteroatoms. The van der Waals surface area contributed by atoms with Crippen molar-refractivity contribution in [3.63, 3.8) is 0 Å². The Hall–Kier alpha value is -2.67. The van der Waals surface area contributed by atoms with Gasteiger partial charge in [-0.05, 0) is 23.8 Å². The second kappa shape index (κ2) is 5.37. The van der Waals surface area contributed by atoms with Crippen molar-refractivity contribution >= 4 is 16.9 Å². The second-order valence-electron chi connectivity index (χ2n) is 4.62. The summed E-state index contributed by atoms with van der Waals surface area (Å²) in [7, 11) is 0. The number of carboxylic acids is 1. The van der Waals surface area contributed by atoms with Gasteiger partial charge in [-0.1, -0.05) is 11.2 Å². The van der Waals surface area contributed by atoms with E-state index in [2.05, 4.69) is 15.5 Å². The van der Waals surface area contributed by atoms with Crippen LogP contribution in [0.25, 0.3) is 11.0 Å². The number of nitrogens with zero attached hydrogens (tertiary/aromatic N) is 2. The fourth-order valence-electron chi connectivity index (χ4n) is 2.04. The van der Waals surface area contributed by atoms with Crippen LogP contribution in [0.4, 0.5) is 0 Å². The maximum atomic E-state index is 10.9. The van der Waals surface area contributed by atoms with Gasteiger partial charge in [-0.15, -0.1) is 0 Å². The summed E-state index contributed by atoms with van der Waals surface area (Å²) in [5.74, 6) is 0.00797. The Kier molecular flexibility index (Phi) is 3.41. The van der Waals surface area contributed by atoms with Crippen LogP contribution >= 0.6 is 0 Å². The van der Waals surface area contributed by atoms with E-state index in [4.69, 9.17) is 14.0 Å². The Morgan fingerprint density at radius 3 is 2.90 bits per heavy atom. The van der Waals surface area contributed by atoms with Crippen LogP contribution in [0.2, 0.25) is 0 Å². The summed E-state index contributed by atoms with van der Waals surface area (Å²) in [6, 6.07) is 7.05. The molecule has 0 aliphatic carbocycles. The number of benzene rings is 1. The number of aromatic nitrogens is 2. The van der Waals surface area contributed by atoms with Gasteiger partial charge in [0.2, 0.25) is 11.7 Å². The van der Waals surface area contributed by atoms with Crippen LogP contribution in [0.3, 0.4) is 0 Å². The smallest absolute Gasteiger partial charge is 0.371 e. The van der Waals surface area contributed by atoms with E-state index < -0.39 is 5.97 Å². The molecule has 3 aromatic rings. The van der Waals surface area contributed by atoms with Crippen LogP contribution in [-0.4, -0.2) is 21.2 Å². The minimum absolute atomic E-state index is 0.0580. The van der Waals surface area contributed by atoms with Crippen molar-refractivity contribution in [2.24, 2.45) is 0 Å². The zero-order valence-corrected chi connectivity index (χ0v) is 11.3. The average Bonchev–Trinajstić information content (AvgIpc) is 3.04. The van der Waals surface area contributed by atoms with Crippen molar-refractivity contribution in [1.82, 2.24) is 15.5 Å². The van der Waals surface area contributed by atoms with Crippen molar-refractivity contribution in [2.45, 2.75) is 20.0 Å². The van der Waals surface area contributed by atoms with Crippen molar-refractivity contribution in [3.8, 4) is 0 Å². The summed E-state index contributed by atoms with van der Waals surface area (Å²) in [4.78, 5) is 15.0. The molecule has 0 saturated carbocycles. The van der Waals surface area contributed by atoms with E-state index in [1.54, 1.807) is 13.0 Å². The lowest BCUT2D eigenvalue weighted by Gasteiger charge is -2.02. The first-order valence-corrected chi connectivity index (χ1v) is 6.37. The molecule has 0 atom stereocenters. The fraction of sp³-hybridized carbons (Fsp3) is 0.214. The molecular weight excluding hydrogens is 274 g/mol. The summed E-state index contributed by atoms with van der Waals surface area (Å²) in [5, 5.41) is 16.6. The SMILES string of the molecule is Cc1nc(CNCc2ccc3oc(C(=O)O)cc3c2)no1. The van der Waals surface area contributed by atoms with Gasteiger partial charge >= 0.3 is 5.97 Å². The first-order valence-electron chi connectivity index (χ1n) is 6.37. The summed E-state index contributed by atoms with van der Waals surface area (Å²) >= 11 is 0. The van der Waals surface area contributed by atoms with Crippen LogP contribution in [0, 0.1) is 6.92 Å². The number of aromatic carboxylic acids is 1. The fourth-order valence-corrected chi connectivity index (χ4v) is 2.04. The predicted octanol–water partition coefficient (Wildman–Crippen LogP) is 2.11. The number of aryl methyl sites for hydroxylation is 1. The van der Waals surface area contributed by atoms with E-state index in [1.807, 2.05) is 12.1 Å². The van der Waals surface area contributed by atoms with Crippen LogP contribution < -0.4 is 5.32 Å². The molecular formula is C14H13N3O4. The molecule has 2 N–H and O–H groups in total. The number of fused-ring (bicyclic) bond motifs is 1. The summed E-state index contributed by atoms with van der Waals surface area (Å²) < 4.78 is 10.1. The summed E-state index contributed by atoms with van der Waals surface area (Å²) in [6.07, 6.45) is 0. The van der Waals surface area contributed by atoms with Gasteiger partial charge in [-0.2, -0.15) is 4.98 Å². The molecule has 0 unspecified atom stereocenters. The topological polar surface area (TPSA) is 101 Å². The van der Waals surface area contributed by atoms with Crippen molar-refractivity contribution < 1.29 is 18.8 Å². The largest absolute Gasteiger partial charge is 0.475 e. The highest BCUT2D eigenvalue weighted by Gasteiger charge is 2.10. The zero-order chi connectivity index (χ0) is 14.8. The number of hydrogen-bond acceptors (Lipinski definition) is 6. The minimum Gasteiger partial charge on any atom is -0.475 e. The molecule has 3 rings (SSSR count). The normalized spacial score (nSPS) is 11.1. The van der Waals surface area contributed by atoms with Crippen LogP contribution in [0.1, 0.15) is 27.8 Å². The Labute approximate surface area is 119 Å². The van der Waals surface area contributed by atoms with Gasteiger partial charge in [0.25, 0.3) is 0 Å². The van der Waals surface area contributed by atoms with Crippen LogP contribution in [-0.2, 0) is 13.1 Å². The van der Waals surface area contributed by atoms with E-state index in [0.717, 1.165) is 10.9 Å². The first-order chi connectivity index (χ1) is 10.1. The second-order valence-corrected chi connectivity index (χ2v) is 4.62. The standard InChI is InChI=1S/C14H13N3O4/c1-8-16-13(17-21-8)7-15-6-9-2-3-11-10(4-9)5-12(20-11)14(18)19/h2-5,15H,6-7H2,1H3,(H,18,19). The number of hydrogen-bond donors (Lipinski definition) is 2. The molecule has 0 aliphatic rings. The van der Waals surface area contributed by atoms with E-state index in [1.165, 1.54) is 6.07 Å². The Bertz CT molecular complexity index is 790. The molecule has 1 aromatic carbocycles. The van der Waals surface area contributed by atoms with Crippen molar-refractivity contribution in [3.05, 3.63) is 47.3 Å². The molecule has 0 fully saturated rings. The molecule has 0 spiro atoms. The Morgan fingerprint density at radius 2 is 2.19 bits per heavy atom. The number of rotatable bonds is 5. The van der Waals surface area contributed by atoms with Crippen molar-refractivity contribution in [1.29, 1.82) is 0 Å². The molecule has 0 radical (unpaired) electrons. The van der Waals surface area contributed by atoms with E-state index >= 15 is 0 Å². The third-order valence-electron chi connectivity index (χ3n) is 2.97. The molecule has 21 heavy (non-hydrogen) atoms. The van der Waals surface area contributed by atoms with E-state index in [0.29, 0.717) is 30.4 Å². The predicted molar refractivity (Wildman–Crippen MR) is 72.8 cm³/mol. The van der Waals surface area contributed by atoms with Crippen molar-refractivity contribution in [2.75, 3.05) is 0 Å². The van der Waals surface area contributed by atoms with Gasteiger partial charge in [0.15, 0.2) is 5.82 Å². The van der Waals surface area contributed by atoms with Crippen LogP contribution in [0.15, 0.2) is 33.2 Å². The van der Waals surface area contributed by atoms with E-state index in [-0.39, 0.29) is 5.76 Å². The van der Waals surface area contributed by atoms with Gasteiger partial charge < -0.3 is 19.4 Å². The maximum absolute atomic E-state index is 10.9. The average molecular weight is 287 g/mol. The lowest BCUT2D eigenvalue weighted by molar-refractivity contribution is 0.0665. The van der Waals surface area contributed by atoms with Gasteiger partial charge in [0.05, 0.1) is 6.54 Å². The minimum atomic E-state index is -1.07. The molecule has 0 amide bonds. The summed E-state index contributed by atoms with van der Waals surface area (Å²) in [6.45, 7) is 2.85. The molecule has 0 bridgehead atoms. The Morgan fingerprint density at radius 1 is 1.33 bits per heavy atom. The summed E-state index contributed by atoms with van der Waals surface area (Å²) in [5.41, 5.74) is 1.57. The van der Waals surface area contributed by atoms with Gasteiger partial charge in [0, 0.05) is 18.9 Å². The molecule has 108 valence electrons. The molecule has 0 aliphatic heterocycles. The van der Waals surface area contributed by atoms with Gasteiger partial charge in [-0.3, -0.25) is 0 Å². The maximum Gasteiger partial charge on any atom is 0.371 e. The monoisotopic (exact) mass is 287 g/mol. The van der Waals surface area contributed by atoms with Crippen LogP contribution in [0.5, 0.6) is 0 Å². The molecule has 2 aromatic heterocycles. The highest BCUT2D eigenvalue weighted by atomic mass is 16.5. The Balaban J connectivity index is 1.68. The molecule has 0 saturated heterocycles. The quantitative estimate of drug-likeness (QED) is 0.741. The number of nitrogens with one attached hydrogen (secondary N) is 1. The third-order valence-corrected chi connectivity index (χ3v) is 2.97. The van der Waals surface area contributed by atoms with E-state index in [9.17, 15) is 4.79 Å². The highest BCUT2D eigenvalue weighted by molar-refractivity contribution is 5.91. The molecule has 7 nitrogen and oxygen atoms in total. The lowest BCUT2D eigenvalue weighted by Crippen LogP contribution is -2.13.